The number of aliphatic imine (C=N–C) groups is 1. The number of phenols is 1. The first kappa shape index (κ1) is 25.5. The van der Waals surface area contributed by atoms with Crippen LogP contribution in [-0.4, -0.2) is 62.6 Å². The minimum absolute atomic E-state index is 0.0695. The summed E-state index contributed by atoms with van der Waals surface area (Å²) in [6.07, 6.45) is 4.42. The number of nitrogens with zero attached hydrogens (tertiary/aromatic N) is 7. The maximum absolute atomic E-state index is 13.1. The fourth-order valence-corrected chi connectivity index (χ4v) is 4.59. The van der Waals surface area contributed by atoms with Crippen molar-refractivity contribution in [3.63, 3.8) is 0 Å². The molecule has 0 atom stereocenters. The Morgan fingerprint density at radius 2 is 1.95 bits per heavy atom. The summed E-state index contributed by atoms with van der Waals surface area (Å²) in [5, 5.41) is 10.8. The summed E-state index contributed by atoms with van der Waals surface area (Å²) in [4.78, 5) is 24.9. The van der Waals surface area contributed by atoms with Gasteiger partial charge in [-0.3, -0.25) is 9.29 Å². The Labute approximate surface area is 220 Å². The van der Waals surface area contributed by atoms with Gasteiger partial charge in [-0.15, -0.1) is 0 Å². The van der Waals surface area contributed by atoms with Gasteiger partial charge in [0.05, 0.1) is 38.4 Å². The second-order valence-corrected chi connectivity index (χ2v) is 9.55. The first-order valence-corrected chi connectivity index (χ1v) is 13.0. The zero-order chi connectivity index (χ0) is 27.6. The molecule has 0 saturated carbocycles. The van der Waals surface area contributed by atoms with Crippen molar-refractivity contribution in [2.75, 3.05) is 18.4 Å². The summed E-state index contributed by atoms with van der Waals surface area (Å²) < 4.78 is 53.3. The Balaban J connectivity index is 1.65. The molecule has 2 N–H and O–H groups in total. The van der Waals surface area contributed by atoms with Crippen molar-refractivity contribution in [3.05, 3.63) is 71.8 Å². The number of rotatable bonds is 8. The first-order chi connectivity index (χ1) is 18.8. The Bertz CT molecular complexity index is 1820. The standard InChI is InChI=1S/C24H19FN8O5S/c1-3-38-20-9-4-6-15(29-20)23-31-22-24(33(23)21-16(34)7-5-8-17(21)37-2)30-18(12-28-22)32-39(35,36)13-19-26-10-14(25)11-27-19/h5,7-12,34H,3,13H2,1-2H3,(H,30,32). The molecule has 1 aliphatic rings. The largest absolute Gasteiger partial charge is 0.506 e. The number of methoxy groups -OCH3 is 1. The van der Waals surface area contributed by atoms with E-state index in [-0.39, 0.29) is 57.5 Å². The number of imidazole rings is 1. The van der Waals surface area contributed by atoms with E-state index in [1.807, 2.05) is 0 Å². The lowest BCUT2D eigenvalue weighted by Gasteiger charge is -2.14. The van der Waals surface area contributed by atoms with E-state index in [2.05, 4.69) is 46.1 Å². The van der Waals surface area contributed by atoms with E-state index in [1.165, 1.54) is 30.0 Å². The molecule has 0 spiro atoms. The number of aromatic nitrogens is 6. The monoisotopic (exact) mass is 550 g/mol. The van der Waals surface area contributed by atoms with Gasteiger partial charge in [0.15, 0.2) is 34.5 Å². The van der Waals surface area contributed by atoms with Crippen LogP contribution in [0.4, 0.5) is 10.2 Å². The van der Waals surface area contributed by atoms with Crippen LogP contribution < -0.4 is 9.46 Å². The molecule has 0 radical (unpaired) electrons. The van der Waals surface area contributed by atoms with E-state index < -0.39 is 21.6 Å². The van der Waals surface area contributed by atoms with Crippen LogP contribution in [0.3, 0.4) is 0 Å². The summed E-state index contributed by atoms with van der Waals surface area (Å²) in [5.74, 6) is -1.09. The number of anilines is 1. The second kappa shape index (κ2) is 10.3. The van der Waals surface area contributed by atoms with Crippen LogP contribution in [0.25, 0.3) is 22.7 Å². The fourth-order valence-electron chi connectivity index (χ4n) is 3.62. The summed E-state index contributed by atoms with van der Waals surface area (Å²) in [5.41, 5.74) is 6.22. The number of fused-ring (bicyclic) bond motifs is 1. The lowest BCUT2D eigenvalue weighted by molar-refractivity contribution is 0.330. The maximum atomic E-state index is 13.1. The van der Waals surface area contributed by atoms with Crippen molar-refractivity contribution in [3.8, 4) is 17.2 Å². The molecule has 0 unspecified atom stereocenters. The lowest BCUT2D eigenvalue weighted by Crippen LogP contribution is -2.18. The molecule has 5 rings (SSSR count). The van der Waals surface area contributed by atoms with E-state index in [1.54, 1.807) is 19.1 Å². The van der Waals surface area contributed by atoms with Crippen molar-refractivity contribution in [1.29, 1.82) is 0 Å². The van der Waals surface area contributed by atoms with Crippen LogP contribution in [0.15, 0.2) is 59.3 Å². The zero-order valence-corrected chi connectivity index (χ0v) is 21.3. The molecule has 13 nitrogen and oxygen atoms in total. The quantitative estimate of drug-likeness (QED) is 0.311. The molecular formula is C24H19FN8O5S. The fraction of sp³-hybridized carbons (Fsp3) is 0.167. The molecule has 0 fully saturated rings. The van der Waals surface area contributed by atoms with Gasteiger partial charge in [0.1, 0.15) is 28.8 Å². The van der Waals surface area contributed by atoms with E-state index in [0.29, 0.717) is 6.61 Å². The minimum Gasteiger partial charge on any atom is -0.506 e. The number of para-hydroxylation sites is 1. The molecule has 0 aliphatic carbocycles. The predicted octanol–water partition coefficient (Wildman–Crippen LogP) is 2.50. The average Bonchev–Trinajstić information content (AvgIpc) is 3.28. The Morgan fingerprint density at radius 1 is 1.15 bits per heavy atom. The molecular weight excluding hydrogens is 531 g/mol. The van der Waals surface area contributed by atoms with Gasteiger partial charge in [-0.1, -0.05) is 11.8 Å². The third-order valence-electron chi connectivity index (χ3n) is 5.16. The first-order valence-electron chi connectivity index (χ1n) is 11.3. The number of aromatic hydroxyl groups is 1. The molecule has 198 valence electrons. The molecule has 39 heavy (non-hydrogen) atoms. The third-order valence-corrected chi connectivity index (χ3v) is 6.32. The van der Waals surface area contributed by atoms with Crippen LogP contribution >= 0.6 is 0 Å². The van der Waals surface area contributed by atoms with E-state index in [0.717, 1.165) is 12.4 Å². The molecule has 4 heterocycles. The third kappa shape index (κ3) is 5.31. The summed E-state index contributed by atoms with van der Waals surface area (Å²) in [6.45, 7) is 2.17. The van der Waals surface area contributed by atoms with E-state index in [4.69, 9.17) is 9.47 Å². The van der Waals surface area contributed by atoms with Crippen LogP contribution in [-0.2, 0) is 20.5 Å². The van der Waals surface area contributed by atoms with Gasteiger partial charge in [-0.25, -0.2) is 42.7 Å². The van der Waals surface area contributed by atoms with Crippen LogP contribution in [0.5, 0.6) is 11.5 Å². The summed E-state index contributed by atoms with van der Waals surface area (Å²) in [7, 11) is -2.64. The van der Waals surface area contributed by atoms with Crippen molar-refractivity contribution in [2.45, 2.75) is 12.7 Å². The number of halogens is 1. The number of hydrogen-bond donors (Lipinski definition) is 2. The second-order valence-electron chi connectivity index (χ2n) is 7.83. The maximum Gasteiger partial charge on any atom is 0.241 e. The Hall–Kier alpha value is -5.10. The topological polar surface area (TPSA) is 167 Å². The van der Waals surface area contributed by atoms with Gasteiger partial charge in [0, 0.05) is 0 Å². The molecule has 1 aromatic carbocycles. The number of nitrogens with one attached hydrogen (secondary N) is 1. The van der Waals surface area contributed by atoms with Crippen LogP contribution in [0.1, 0.15) is 18.6 Å². The van der Waals surface area contributed by atoms with Crippen molar-refractivity contribution in [1.82, 2.24) is 29.5 Å². The molecule has 15 heteroatoms. The molecule has 0 saturated heterocycles. The van der Waals surface area contributed by atoms with Gasteiger partial charge in [-0.05, 0) is 24.8 Å². The van der Waals surface area contributed by atoms with Crippen molar-refractivity contribution >= 4 is 38.7 Å². The Morgan fingerprint density at radius 3 is 2.69 bits per heavy atom. The van der Waals surface area contributed by atoms with Crippen molar-refractivity contribution in [2.24, 2.45) is 4.99 Å². The van der Waals surface area contributed by atoms with Gasteiger partial charge in [0.25, 0.3) is 0 Å². The number of hydrogen-bond acceptors (Lipinski definition) is 11. The van der Waals surface area contributed by atoms with Crippen LogP contribution in [0.2, 0.25) is 0 Å². The SMILES string of the molecule is CCOC1=NC(c2nc3ncc(NS(=O)(=O)Cc4ncc(F)cn4)nc3n2-c2c(O)cccc2OC)=C=C=C1. The highest BCUT2D eigenvalue weighted by molar-refractivity contribution is 7.91. The normalized spacial score (nSPS) is 12.8. The highest BCUT2D eigenvalue weighted by atomic mass is 32.2. The minimum atomic E-state index is -4.07. The number of phenolic OH excluding ortho intramolecular Hbond substituents is 1. The zero-order valence-electron chi connectivity index (χ0n) is 20.5. The molecule has 0 amide bonds. The highest BCUT2D eigenvalue weighted by Crippen LogP contribution is 2.36. The van der Waals surface area contributed by atoms with E-state index >= 15 is 0 Å². The molecule has 1 aliphatic heterocycles. The number of sulfonamides is 1. The predicted molar refractivity (Wildman–Crippen MR) is 137 cm³/mol. The van der Waals surface area contributed by atoms with Crippen molar-refractivity contribution < 1.29 is 27.4 Å². The van der Waals surface area contributed by atoms with Gasteiger partial charge in [0.2, 0.25) is 15.9 Å². The smallest absolute Gasteiger partial charge is 0.241 e. The summed E-state index contributed by atoms with van der Waals surface area (Å²) in [6, 6.07) is 4.65. The van der Waals surface area contributed by atoms with Gasteiger partial charge < -0.3 is 14.6 Å². The van der Waals surface area contributed by atoms with E-state index in [9.17, 15) is 17.9 Å². The molecule has 3 aromatic heterocycles. The average molecular weight is 551 g/mol. The highest BCUT2D eigenvalue weighted by Gasteiger charge is 2.25. The lowest BCUT2D eigenvalue weighted by atomic mass is 10.2. The molecule has 0 bridgehead atoms. The number of benzene rings is 1. The van der Waals surface area contributed by atoms with Crippen LogP contribution in [0, 0.1) is 5.82 Å². The molecule has 4 aromatic rings. The summed E-state index contributed by atoms with van der Waals surface area (Å²) >= 11 is 0. The van der Waals surface area contributed by atoms with Gasteiger partial charge in [-0.2, -0.15) is 0 Å². The van der Waals surface area contributed by atoms with Gasteiger partial charge >= 0.3 is 0 Å². The Kier molecular flexibility index (Phi) is 6.77. The number of ether oxygens (including phenoxy) is 2.